The maximum absolute atomic E-state index is 13.3. The standard InChI is InChI=1S/C18H28ClFN4O/c1-18(2,15-5-4-14(20)12-16(15)19)13-23-17(21-3)22-6-7-24-8-10-25-11-9-24/h4-5,12H,6-11,13H2,1-3H3,(H2,21,22,23). The van der Waals surface area contributed by atoms with Crippen molar-refractivity contribution in [2.75, 3.05) is 53.0 Å². The molecular formula is C18H28ClFN4O. The second-order valence-corrected chi connectivity index (χ2v) is 7.22. The topological polar surface area (TPSA) is 48.9 Å². The van der Waals surface area contributed by atoms with E-state index in [2.05, 4.69) is 34.4 Å². The maximum Gasteiger partial charge on any atom is 0.191 e. The van der Waals surface area contributed by atoms with Crippen molar-refractivity contribution in [2.24, 2.45) is 4.99 Å². The summed E-state index contributed by atoms with van der Waals surface area (Å²) >= 11 is 6.20. The SMILES string of the molecule is CN=C(NCCN1CCOCC1)NCC(C)(C)c1ccc(F)cc1Cl. The van der Waals surface area contributed by atoms with Gasteiger partial charge >= 0.3 is 0 Å². The molecule has 0 spiro atoms. The molecule has 0 amide bonds. The summed E-state index contributed by atoms with van der Waals surface area (Å²) in [5.74, 6) is 0.428. The number of hydrogen-bond acceptors (Lipinski definition) is 3. The molecule has 0 atom stereocenters. The molecule has 1 fully saturated rings. The van der Waals surface area contributed by atoms with Crippen LogP contribution in [-0.2, 0) is 10.2 Å². The van der Waals surface area contributed by atoms with Crippen molar-refractivity contribution < 1.29 is 9.13 Å². The minimum atomic E-state index is -0.321. The van der Waals surface area contributed by atoms with Gasteiger partial charge in [0.15, 0.2) is 5.96 Å². The molecule has 0 radical (unpaired) electrons. The lowest BCUT2D eigenvalue weighted by Gasteiger charge is -2.29. The Labute approximate surface area is 154 Å². The Morgan fingerprint density at radius 3 is 2.68 bits per heavy atom. The molecular weight excluding hydrogens is 343 g/mol. The summed E-state index contributed by atoms with van der Waals surface area (Å²) in [7, 11) is 1.75. The van der Waals surface area contributed by atoms with E-state index >= 15 is 0 Å². The average Bonchev–Trinajstić information content (AvgIpc) is 2.58. The van der Waals surface area contributed by atoms with E-state index in [1.165, 1.54) is 12.1 Å². The lowest BCUT2D eigenvalue weighted by atomic mass is 9.84. The zero-order chi connectivity index (χ0) is 18.3. The summed E-state index contributed by atoms with van der Waals surface area (Å²) in [5, 5.41) is 7.11. The van der Waals surface area contributed by atoms with Crippen LogP contribution in [0.5, 0.6) is 0 Å². The van der Waals surface area contributed by atoms with Crippen molar-refractivity contribution >= 4 is 17.6 Å². The van der Waals surface area contributed by atoms with Crippen LogP contribution in [0.25, 0.3) is 0 Å². The number of hydrogen-bond donors (Lipinski definition) is 2. The quantitative estimate of drug-likeness (QED) is 0.595. The number of aliphatic imine (C=N–C) groups is 1. The molecule has 2 N–H and O–H groups in total. The van der Waals surface area contributed by atoms with Crippen LogP contribution in [-0.4, -0.2) is 63.8 Å². The molecule has 5 nitrogen and oxygen atoms in total. The van der Waals surface area contributed by atoms with Crippen molar-refractivity contribution in [3.63, 3.8) is 0 Å². The normalized spacial score (nSPS) is 16.8. The van der Waals surface area contributed by atoms with Crippen LogP contribution in [0.4, 0.5) is 4.39 Å². The Bertz CT molecular complexity index is 588. The van der Waals surface area contributed by atoms with E-state index < -0.39 is 0 Å². The summed E-state index contributed by atoms with van der Waals surface area (Å²) in [6.45, 7) is 10.1. The molecule has 1 aliphatic rings. The lowest BCUT2D eigenvalue weighted by Crippen LogP contribution is -2.46. The zero-order valence-electron chi connectivity index (χ0n) is 15.2. The first-order valence-corrected chi connectivity index (χ1v) is 9.00. The molecule has 0 aliphatic carbocycles. The number of nitrogens with one attached hydrogen (secondary N) is 2. The van der Waals surface area contributed by atoms with Gasteiger partial charge in [0.1, 0.15) is 5.82 Å². The third kappa shape index (κ3) is 6.13. The number of benzene rings is 1. The number of morpholine rings is 1. The smallest absolute Gasteiger partial charge is 0.191 e. The fourth-order valence-corrected chi connectivity index (χ4v) is 3.24. The van der Waals surface area contributed by atoms with E-state index in [9.17, 15) is 4.39 Å². The average molecular weight is 371 g/mol. The second kappa shape index (κ2) is 9.36. The van der Waals surface area contributed by atoms with Crippen LogP contribution in [0.1, 0.15) is 19.4 Å². The van der Waals surface area contributed by atoms with Gasteiger partial charge in [0, 0.05) is 50.2 Å². The molecule has 0 bridgehead atoms. The zero-order valence-corrected chi connectivity index (χ0v) is 16.0. The lowest BCUT2D eigenvalue weighted by molar-refractivity contribution is 0.0389. The fourth-order valence-electron chi connectivity index (χ4n) is 2.82. The maximum atomic E-state index is 13.3. The largest absolute Gasteiger partial charge is 0.379 e. The molecule has 1 saturated heterocycles. The van der Waals surface area contributed by atoms with Gasteiger partial charge in [0.2, 0.25) is 0 Å². The van der Waals surface area contributed by atoms with Crippen molar-refractivity contribution in [3.05, 3.63) is 34.6 Å². The Hall–Kier alpha value is -1.37. The molecule has 1 aromatic rings. The van der Waals surface area contributed by atoms with Crippen molar-refractivity contribution in [1.29, 1.82) is 0 Å². The molecule has 0 unspecified atom stereocenters. The summed E-state index contributed by atoms with van der Waals surface area (Å²) in [6, 6.07) is 4.54. The van der Waals surface area contributed by atoms with Crippen molar-refractivity contribution in [1.82, 2.24) is 15.5 Å². The summed E-state index contributed by atoms with van der Waals surface area (Å²) in [4.78, 5) is 6.63. The van der Waals surface area contributed by atoms with Crippen LogP contribution in [0.3, 0.4) is 0 Å². The van der Waals surface area contributed by atoms with E-state index in [1.807, 2.05) is 0 Å². The van der Waals surface area contributed by atoms with E-state index in [-0.39, 0.29) is 11.2 Å². The first-order chi connectivity index (χ1) is 11.9. The van der Waals surface area contributed by atoms with Gasteiger partial charge in [-0.15, -0.1) is 0 Å². The highest BCUT2D eigenvalue weighted by atomic mass is 35.5. The van der Waals surface area contributed by atoms with Gasteiger partial charge in [-0.1, -0.05) is 31.5 Å². The minimum Gasteiger partial charge on any atom is -0.379 e. The third-order valence-corrected chi connectivity index (χ3v) is 4.72. The highest BCUT2D eigenvalue weighted by molar-refractivity contribution is 6.31. The summed E-state index contributed by atoms with van der Waals surface area (Å²) < 4.78 is 18.6. The number of rotatable bonds is 6. The fraction of sp³-hybridized carbons (Fsp3) is 0.611. The van der Waals surface area contributed by atoms with E-state index in [0.717, 1.165) is 50.9 Å². The molecule has 0 saturated carbocycles. The number of guanidine groups is 1. The van der Waals surface area contributed by atoms with Crippen LogP contribution in [0.2, 0.25) is 5.02 Å². The van der Waals surface area contributed by atoms with E-state index in [1.54, 1.807) is 13.1 Å². The third-order valence-electron chi connectivity index (χ3n) is 4.41. The van der Waals surface area contributed by atoms with Gasteiger partial charge in [-0.05, 0) is 17.7 Å². The molecule has 7 heteroatoms. The predicted molar refractivity (Wildman–Crippen MR) is 101 cm³/mol. The summed E-state index contributed by atoms with van der Waals surface area (Å²) in [5.41, 5.74) is 0.652. The Kier molecular flexibility index (Phi) is 7.47. The Balaban J connectivity index is 1.82. The molecule has 1 heterocycles. The van der Waals surface area contributed by atoms with E-state index in [4.69, 9.17) is 16.3 Å². The summed E-state index contributed by atoms with van der Waals surface area (Å²) in [6.07, 6.45) is 0. The Morgan fingerprint density at radius 1 is 1.32 bits per heavy atom. The second-order valence-electron chi connectivity index (χ2n) is 6.81. The number of halogens is 2. The highest BCUT2D eigenvalue weighted by Gasteiger charge is 2.24. The highest BCUT2D eigenvalue weighted by Crippen LogP contribution is 2.29. The van der Waals surface area contributed by atoms with Gasteiger partial charge in [0.25, 0.3) is 0 Å². The van der Waals surface area contributed by atoms with E-state index in [0.29, 0.717) is 11.6 Å². The first-order valence-electron chi connectivity index (χ1n) is 8.62. The molecule has 0 aromatic heterocycles. The Morgan fingerprint density at radius 2 is 2.04 bits per heavy atom. The molecule has 1 aliphatic heterocycles. The van der Waals surface area contributed by atoms with Gasteiger partial charge in [-0.2, -0.15) is 0 Å². The van der Waals surface area contributed by atoms with Gasteiger partial charge in [-0.25, -0.2) is 4.39 Å². The molecule has 25 heavy (non-hydrogen) atoms. The van der Waals surface area contributed by atoms with Crippen LogP contribution >= 0.6 is 11.6 Å². The van der Waals surface area contributed by atoms with Crippen LogP contribution in [0.15, 0.2) is 23.2 Å². The van der Waals surface area contributed by atoms with Crippen LogP contribution < -0.4 is 10.6 Å². The van der Waals surface area contributed by atoms with Crippen molar-refractivity contribution in [3.8, 4) is 0 Å². The van der Waals surface area contributed by atoms with Crippen LogP contribution in [0, 0.1) is 5.82 Å². The molecule has 140 valence electrons. The minimum absolute atomic E-state index is 0.257. The van der Waals surface area contributed by atoms with Gasteiger partial charge < -0.3 is 15.4 Å². The number of nitrogens with zero attached hydrogens (tertiary/aromatic N) is 2. The van der Waals surface area contributed by atoms with Gasteiger partial charge in [-0.3, -0.25) is 9.89 Å². The number of ether oxygens (including phenoxy) is 1. The van der Waals surface area contributed by atoms with Gasteiger partial charge in [0.05, 0.1) is 13.2 Å². The monoisotopic (exact) mass is 370 g/mol. The molecule has 2 rings (SSSR count). The van der Waals surface area contributed by atoms with Crippen molar-refractivity contribution in [2.45, 2.75) is 19.3 Å². The first kappa shape index (κ1) is 19.9. The molecule has 1 aromatic carbocycles. The predicted octanol–water partition coefficient (Wildman–Crippen LogP) is 2.25.